The maximum absolute atomic E-state index is 13.3. The van der Waals surface area contributed by atoms with Gasteiger partial charge in [-0.3, -0.25) is 9.48 Å². The Balaban J connectivity index is 1.15. The first kappa shape index (κ1) is 30.9. The number of nitriles is 1. The minimum atomic E-state index is -0.246. The molecule has 3 atom stereocenters. The average Bonchev–Trinajstić information content (AvgIpc) is 3.78. The fourth-order valence-electron chi connectivity index (χ4n) is 7.52. The second-order valence-electron chi connectivity index (χ2n) is 13.0. The topological polar surface area (TPSA) is 103 Å². The summed E-state index contributed by atoms with van der Waals surface area (Å²) in [6.07, 6.45) is 12.2. The summed E-state index contributed by atoms with van der Waals surface area (Å²) in [4.78, 5) is 29.8. The summed E-state index contributed by atoms with van der Waals surface area (Å²) < 4.78 is 8.12. The van der Waals surface area contributed by atoms with Gasteiger partial charge in [-0.25, -0.2) is 0 Å². The molecule has 0 spiro atoms. The number of carbonyl (C=O) groups is 1. The van der Waals surface area contributed by atoms with Crippen molar-refractivity contribution in [1.82, 2.24) is 29.5 Å². The standard InChI is InChI=1S/C37H42N8O2/c1-42-19-5-10-30(42)26-47-37-40-34-24-28(32-12-4-9-27-8-2-3-11-31(27)32)14-15-33(34)36(41-37)43-22-23-45(29(25-43)16-17-38)35(46)13-6-20-44-21-7-18-39-44/h2-4,6-9,11-13,18,21,28-30H,5,10,14-16,19-20,22-26H2,1H3/b13-6+/t28-,29-,30-/m0/s1. The van der Waals surface area contributed by atoms with Crippen LogP contribution in [0.25, 0.3) is 10.8 Å². The van der Waals surface area contributed by atoms with Gasteiger partial charge >= 0.3 is 6.01 Å². The van der Waals surface area contributed by atoms with Gasteiger partial charge in [0.05, 0.1) is 30.8 Å². The van der Waals surface area contributed by atoms with Crippen molar-refractivity contribution in [3.05, 3.63) is 89.9 Å². The molecule has 0 saturated carbocycles. The quantitative estimate of drug-likeness (QED) is 0.244. The Bertz CT molecular complexity index is 1780. The first-order chi connectivity index (χ1) is 23.1. The van der Waals surface area contributed by atoms with E-state index >= 15 is 0 Å². The first-order valence-corrected chi connectivity index (χ1v) is 16.8. The van der Waals surface area contributed by atoms with E-state index in [4.69, 9.17) is 14.7 Å². The van der Waals surface area contributed by atoms with Crippen molar-refractivity contribution in [3.8, 4) is 12.1 Å². The van der Waals surface area contributed by atoms with Gasteiger partial charge in [-0.1, -0.05) is 48.5 Å². The van der Waals surface area contributed by atoms with E-state index in [-0.39, 0.29) is 18.4 Å². The Hall–Kier alpha value is -4.75. The molecule has 10 nitrogen and oxygen atoms in total. The Labute approximate surface area is 276 Å². The molecule has 2 aromatic heterocycles. The number of hydrogen-bond donors (Lipinski definition) is 0. The van der Waals surface area contributed by atoms with E-state index in [1.165, 1.54) is 28.3 Å². The van der Waals surface area contributed by atoms with Crippen LogP contribution in [0, 0.1) is 11.3 Å². The molecule has 1 aliphatic carbocycles. The fourth-order valence-corrected chi connectivity index (χ4v) is 7.52. The van der Waals surface area contributed by atoms with Crippen molar-refractivity contribution in [1.29, 1.82) is 5.26 Å². The Morgan fingerprint density at radius 1 is 1.06 bits per heavy atom. The van der Waals surface area contributed by atoms with Gasteiger partial charge in [0.25, 0.3) is 0 Å². The zero-order valence-corrected chi connectivity index (χ0v) is 27.0. The summed E-state index contributed by atoms with van der Waals surface area (Å²) in [5.74, 6) is 1.16. The number of amides is 1. The number of fused-ring (bicyclic) bond motifs is 2. The van der Waals surface area contributed by atoms with Crippen LogP contribution in [0.4, 0.5) is 5.82 Å². The van der Waals surface area contributed by atoms with Gasteiger partial charge < -0.3 is 19.4 Å². The van der Waals surface area contributed by atoms with Gasteiger partial charge in [-0.15, -0.1) is 0 Å². The highest BCUT2D eigenvalue weighted by Gasteiger charge is 2.34. The summed E-state index contributed by atoms with van der Waals surface area (Å²) in [5, 5.41) is 16.5. The third-order valence-corrected chi connectivity index (χ3v) is 10.1. The molecule has 0 N–H and O–H groups in total. The number of anilines is 1. The van der Waals surface area contributed by atoms with Crippen molar-refractivity contribution in [2.75, 3.05) is 44.7 Å². The smallest absolute Gasteiger partial charge is 0.318 e. The lowest BCUT2D eigenvalue weighted by Gasteiger charge is -2.42. The van der Waals surface area contributed by atoms with E-state index in [1.54, 1.807) is 17.0 Å². The summed E-state index contributed by atoms with van der Waals surface area (Å²) in [5.41, 5.74) is 3.58. The molecule has 2 fully saturated rings. The summed E-state index contributed by atoms with van der Waals surface area (Å²) in [6.45, 7) is 3.84. The van der Waals surface area contributed by atoms with E-state index in [0.29, 0.717) is 50.8 Å². The highest BCUT2D eigenvalue weighted by Crippen LogP contribution is 2.39. The van der Waals surface area contributed by atoms with Crippen LogP contribution < -0.4 is 9.64 Å². The van der Waals surface area contributed by atoms with E-state index in [1.807, 2.05) is 23.2 Å². The Morgan fingerprint density at radius 2 is 1.96 bits per heavy atom. The minimum Gasteiger partial charge on any atom is -0.462 e. The molecular formula is C37H42N8O2. The number of benzene rings is 2. The largest absolute Gasteiger partial charge is 0.462 e. The van der Waals surface area contributed by atoms with E-state index in [0.717, 1.165) is 43.7 Å². The molecule has 4 heterocycles. The maximum Gasteiger partial charge on any atom is 0.318 e. The summed E-state index contributed by atoms with van der Waals surface area (Å²) in [7, 11) is 2.15. The molecule has 0 radical (unpaired) electrons. The van der Waals surface area contributed by atoms with Crippen molar-refractivity contribution < 1.29 is 9.53 Å². The molecule has 2 aromatic carbocycles. The summed E-state index contributed by atoms with van der Waals surface area (Å²) >= 11 is 0. The minimum absolute atomic E-state index is 0.0793. The van der Waals surface area contributed by atoms with E-state index in [2.05, 4.69) is 70.5 Å². The van der Waals surface area contributed by atoms with Gasteiger partial charge in [-0.05, 0) is 74.0 Å². The van der Waals surface area contributed by atoms with Crippen LogP contribution in [-0.2, 0) is 24.2 Å². The monoisotopic (exact) mass is 630 g/mol. The molecular weight excluding hydrogens is 588 g/mol. The van der Waals surface area contributed by atoms with Crippen LogP contribution in [0.5, 0.6) is 6.01 Å². The Kier molecular flexibility index (Phi) is 9.16. The third-order valence-electron chi connectivity index (χ3n) is 10.1. The number of piperazine rings is 1. The fraction of sp³-hybridized carbons (Fsp3) is 0.432. The zero-order chi connectivity index (χ0) is 32.2. The molecule has 4 aromatic rings. The highest BCUT2D eigenvalue weighted by molar-refractivity contribution is 5.88. The average molecular weight is 631 g/mol. The van der Waals surface area contributed by atoms with Crippen molar-refractivity contribution >= 4 is 22.5 Å². The number of ether oxygens (including phenoxy) is 1. The lowest BCUT2D eigenvalue weighted by Crippen LogP contribution is -2.55. The SMILES string of the molecule is CN1CCC[C@H]1COc1nc2c(c(N3CCN(C(=O)/C=C/Cn4cccn4)[C@@H](CC#N)C3)n1)CC[C@H](c1cccc3ccccc13)C2. The number of rotatable bonds is 9. The van der Waals surface area contributed by atoms with Crippen LogP contribution in [0.1, 0.15) is 48.4 Å². The number of likely N-dealkylation sites (tertiary alicyclic amines) is 1. The highest BCUT2D eigenvalue weighted by atomic mass is 16.5. The molecule has 1 amide bonds. The predicted molar refractivity (Wildman–Crippen MR) is 181 cm³/mol. The molecule has 2 aliphatic heterocycles. The van der Waals surface area contributed by atoms with Crippen LogP contribution in [0.3, 0.4) is 0 Å². The molecule has 0 bridgehead atoms. The van der Waals surface area contributed by atoms with Crippen LogP contribution >= 0.6 is 0 Å². The Morgan fingerprint density at radius 3 is 2.79 bits per heavy atom. The number of nitrogens with zero attached hydrogens (tertiary/aromatic N) is 8. The molecule has 10 heteroatoms. The van der Waals surface area contributed by atoms with Gasteiger partial charge in [0.1, 0.15) is 12.4 Å². The summed E-state index contributed by atoms with van der Waals surface area (Å²) in [6, 6.07) is 19.9. The number of allylic oxidation sites excluding steroid dienone is 1. The lowest BCUT2D eigenvalue weighted by molar-refractivity contribution is -0.128. The molecule has 242 valence electrons. The molecule has 3 aliphatic rings. The number of likely N-dealkylation sites (N-methyl/N-ethyl adjacent to an activating group) is 1. The van der Waals surface area contributed by atoms with Crippen LogP contribution in [0.2, 0.25) is 0 Å². The maximum atomic E-state index is 13.3. The molecule has 2 saturated heterocycles. The number of carbonyl (C=O) groups excluding carboxylic acids is 1. The molecule has 7 rings (SSSR count). The van der Waals surface area contributed by atoms with Gasteiger partial charge in [-0.2, -0.15) is 20.3 Å². The van der Waals surface area contributed by atoms with Gasteiger partial charge in [0.2, 0.25) is 5.91 Å². The lowest BCUT2D eigenvalue weighted by atomic mass is 9.80. The molecule has 47 heavy (non-hydrogen) atoms. The van der Waals surface area contributed by atoms with E-state index in [9.17, 15) is 10.1 Å². The number of hydrogen-bond acceptors (Lipinski definition) is 8. The van der Waals surface area contributed by atoms with E-state index < -0.39 is 0 Å². The van der Waals surface area contributed by atoms with Crippen molar-refractivity contribution in [3.63, 3.8) is 0 Å². The second-order valence-corrected chi connectivity index (χ2v) is 13.0. The first-order valence-electron chi connectivity index (χ1n) is 16.8. The third kappa shape index (κ3) is 6.72. The molecule has 0 unspecified atom stereocenters. The van der Waals surface area contributed by atoms with Crippen LogP contribution in [0.15, 0.2) is 73.1 Å². The van der Waals surface area contributed by atoms with Crippen LogP contribution in [-0.4, -0.2) is 87.4 Å². The van der Waals surface area contributed by atoms with Crippen molar-refractivity contribution in [2.24, 2.45) is 0 Å². The second kappa shape index (κ2) is 13.9. The number of aromatic nitrogens is 4. The normalized spacial score (nSPS) is 21.7. The predicted octanol–water partition coefficient (Wildman–Crippen LogP) is 4.76. The van der Waals surface area contributed by atoms with Gasteiger partial charge in [0, 0.05) is 49.7 Å². The van der Waals surface area contributed by atoms with Gasteiger partial charge in [0.15, 0.2) is 0 Å². The zero-order valence-electron chi connectivity index (χ0n) is 27.0. The van der Waals surface area contributed by atoms with Crippen molar-refractivity contribution in [2.45, 2.75) is 63.1 Å².